The molecule has 206 valence electrons. The second-order valence-corrected chi connectivity index (χ2v) is 8.58. The van der Waals surface area contributed by atoms with Crippen LogP contribution in [-0.4, -0.2) is 30.4 Å². The maximum absolute atomic E-state index is 13.3. The third-order valence-electron chi connectivity index (χ3n) is 5.94. The largest absolute Gasteiger partial charge is 0.461 e. The van der Waals surface area contributed by atoms with Crippen LogP contribution in [0.2, 0.25) is 0 Å². The number of alkyl halides is 6. The number of amides is 1. The molecule has 39 heavy (non-hydrogen) atoms. The van der Waals surface area contributed by atoms with Gasteiger partial charge < -0.3 is 9.64 Å². The molecule has 0 aliphatic carbocycles. The number of nitrogens with zero attached hydrogens (tertiary/aromatic N) is 1. The van der Waals surface area contributed by atoms with Crippen LogP contribution >= 0.6 is 0 Å². The molecule has 3 aromatic rings. The highest BCUT2D eigenvalue weighted by Gasteiger charge is 2.38. The van der Waals surface area contributed by atoms with Gasteiger partial charge >= 0.3 is 18.3 Å². The Labute approximate surface area is 221 Å². The number of allylic oxidation sites excluding steroid dienone is 1. The van der Waals surface area contributed by atoms with Gasteiger partial charge in [-0.15, -0.1) is 0 Å². The van der Waals surface area contributed by atoms with Crippen molar-refractivity contribution in [1.82, 2.24) is 4.90 Å². The zero-order valence-electron chi connectivity index (χ0n) is 21.0. The summed E-state index contributed by atoms with van der Waals surface area (Å²) >= 11 is 0. The van der Waals surface area contributed by atoms with Gasteiger partial charge in [0.1, 0.15) is 5.70 Å². The number of rotatable bonds is 8. The first-order valence-electron chi connectivity index (χ1n) is 11.9. The normalized spacial score (nSPS) is 12.4. The van der Waals surface area contributed by atoms with Gasteiger partial charge in [-0.25, -0.2) is 4.79 Å². The number of esters is 1. The van der Waals surface area contributed by atoms with Gasteiger partial charge in [0, 0.05) is 18.5 Å². The predicted molar refractivity (Wildman–Crippen MR) is 133 cm³/mol. The minimum Gasteiger partial charge on any atom is -0.461 e. The van der Waals surface area contributed by atoms with Crippen LogP contribution in [0.1, 0.15) is 51.9 Å². The van der Waals surface area contributed by atoms with E-state index in [0.717, 1.165) is 18.2 Å². The number of carbonyl (C=O) groups is 2. The van der Waals surface area contributed by atoms with Crippen molar-refractivity contribution in [3.63, 3.8) is 0 Å². The maximum Gasteiger partial charge on any atom is 0.416 e. The molecular weight excluding hydrogens is 524 g/mol. The molecule has 3 aromatic carbocycles. The Balaban J connectivity index is 2.05. The van der Waals surface area contributed by atoms with Gasteiger partial charge in [0.15, 0.2) is 0 Å². The van der Waals surface area contributed by atoms with Gasteiger partial charge in [-0.1, -0.05) is 66.7 Å². The topological polar surface area (TPSA) is 46.6 Å². The van der Waals surface area contributed by atoms with Gasteiger partial charge in [-0.2, -0.15) is 26.3 Å². The van der Waals surface area contributed by atoms with E-state index in [1.54, 1.807) is 0 Å². The number of hydrogen-bond acceptors (Lipinski definition) is 3. The predicted octanol–water partition coefficient (Wildman–Crippen LogP) is 7.47. The first kappa shape index (κ1) is 29.5. The average molecular weight is 550 g/mol. The summed E-state index contributed by atoms with van der Waals surface area (Å²) in [6.07, 6.45) is -8.68. The second kappa shape index (κ2) is 12.2. The van der Waals surface area contributed by atoms with Crippen LogP contribution in [0.25, 0.3) is 0 Å². The Bertz CT molecular complexity index is 1250. The molecule has 0 aromatic heterocycles. The van der Waals surface area contributed by atoms with Crippen molar-refractivity contribution in [3.8, 4) is 0 Å². The summed E-state index contributed by atoms with van der Waals surface area (Å²) in [6, 6.07) is 19.1. The van der Waals surface area contributed by atoms with Crippen LogP contribution in [0.5, 0.6) is 0 Å². The second-order valence-electron chi connectivity index (χ2n) is 8.58. The van der Waals surface area contributed by atoms with Gasteiger partial charge in [-0.3, -0.25) is 4.79 Å². The fourth-order valence-electron chi connectivity index (χ4n) is 4.01. The maximum atomic E-state index is 13.3. The SMILES string of the molecule is CCOC(=O)/C(=C\CC(c1ccccc1)c1ccccc1)N(C)C(=O)c1cc(C(F)(F)F)cc(C(F)(F)F)c1. The van der Waals surface area contributed by atoms with E-state index in [1.807, 2.05) is 60.7 Å². The number of halogens is 6. The van der Waals surface area contributed by atoms with E-state index in [0.29, 0.717) is 17.0 Å². The standard InChI is InChI=1S/C29H25F6NO3/c1-3-39-27(38)25(15-14-24(19-10-6-4-7-11-19)20-12-8-5-9-13-20)36(2)26(37)21-16-22(28(30,31)32)18-23(17-21)29(33,34)35/h4-13,15-18,24H,3,14H2,1-2H3/b25-15+. The summed E-state index contributed by atoms with van der Waals surface area (Å²) < 4.78 is 85.1. The molecule has 0 unspecified atom stereocenters. The molecule has 0 heterocycles. The fourth-order valence-corrected chi connectivity index (χ4v) is 4.01. The molecule has 0 aliphatic heterocycles. The molecule has 0 radical (unpaired) electrons. The molecule has 1 amide bonds. The molecule has 4 nitrogen and oxygen atoms in total. The molecule has 0 N–H and O–H groups in total. The molecule has 0 saturated carbocycles. The first-order valence-corrected chi connectivity index (χ1v) is 11.9. The van der Waals surface area contributed by atoms with E-state index in [9.17, 15) is 35.9 Å². The summed E-state index contributed by atoms with van der Waals surface area (Å²) in [5, 5.41) is 0. The molecule has 0 aliphatic rings. The third kappa shape index (κ3) is 7.49. The van der Waals surface area contributed by atoms with Crippen molar-refractivity contribution >= 4 is 11.9 Å². The first-order chi connectivity index (χ1) is 18.3. The molecule has 0 fully saturated rings. The monoisotopic (exact) mass is 549 g/mol. The van der Waals surface area contributed by atoms with Crippen LogP contribution in [0.3, 0.4) is 0 Å². The lowest BCUT2D eigenvalue weighted by atomic mass is 9.88. The van der Waals surface area contributed by atoms with Crippen molar-refractivity contribution in [2.75, 3.05) is 13.7 Å². The van der Waals surface area contributed by atoms with Crippen LogP contribution in [0.15, 0.2) is 90.6 Å². The van der Waals surface area contributed by atoms with Crippen LogP contribution in [0.4, 0.5) is 26.3 Å². The lowest BCUT2D eigenvalue weighted by Crippen LogP contribution is -2.32. The van der Waals surface area contributed by atoms with Crippen molar-refractivity contribution < 1.29 is 40.7 Å². The van der Waals surface area contributed by atoms with E-state index in [1.165, 1.54) is 13.0 Å². The molecule has 0 bridgehead atoms. The number of likely N-dealkylation sites (N-methyl/N-ethyl adjacent to an activating group) is 1. The quantitative estimate of drug-likeness (QED) is 0.166. The third-order valence-corrected chi connectivity index (χ3v) is 5.94. The Kier molecular flexibility index (Phi) is 9.21. The summed E-state index contributed by atoms with van der Waals surface area (Å²) in [5.74, 6) is -2.45. The van der Waals surface area contributed by atoms with E-state index in [4.69, 9.17) is 4.74 Å². The smallest absolute Gasteiger partial charge is 0.416 e. The summed E-state index contributed by atoms with van der Waals surface area (Å²) in [5.41, 5.74) is -2.68. The summed E-state index contributed by atoms with van der Waals surface area (Å²) in [4.78, 5) is 26.7. The van der Waals surface area contributed by atoms with Gasteiger partial charge in [0.25, 0.3) is 5.91 Å². The Morgan fingerprint density at radius 3 is 1.69 bits per heavy atom. The van der Waals surface area contributed by atoms with Gasteiger partial charge in [-0.05, 0) is 42.7 Å². The van der Waals surface area contributed by atoms with Crippen LogP contribution < -0.4 is 0 Å². The Hall–Kier alpha value is -4.08. The zero-order valence-corrected chi connectivity index (χ0v) is 21.0. The minimum absolute atomic E-state index is 0.0663. The number of hydrogen-bond donors (Lipinski definition) is 0. The number of benzene rings is 3. The van der Waals surface area contributed by atoms with E-state index in [-0.39, 0.29) is 30.7 Å². The van der Waals surface area contributed by atoms with Crippen molar-refractivity contribution in [3.05, 3.63) is 118 Å². The average Bonchev–Trinajstić information content (AvgIpc) is 2.90. The Morgan fingerprint density at radius 1 is 0.821 bits per heavy atom. The summed E-state index contributed by atoms with van der Waals surface area (Å²) in [6.45, 7) is 1.46. The van der Waals surface area contributed by atoms with E-state index in [2.05, 4.69) is 0 Å². The van der Waals surface area contributed by atoms with Crippen molar-refractivity contribution in [2.45, 2.75) is 31.6 Å². The van der Waals surface area contributed by atoms with E-state index >= 15 is 0 Å². The number of ether oxygens (including phenoxy) is 1. The van der Waals surface area contributed by atoms with Crippen molar-refractivity contribution in [2.24, 2.45) is 0 Å². The molecule has 10 heteroatoms. The highest BCUT2D eigenvalue weighted by atomic mass is 19.4. The minimum atomic E-state index is -5.13. The van der Waals surface area contributed by atoms with Crippen LogP contribution in [0, 0.1) is 0 Å². The van der Waals surface area contributed by atoms with Crippen LogP contribution in [-0.2, 0) is 21.9 Å². The fraction of sp³-hybridized carbons (Fsp3) is 0.241. The zero-order chi connectivity index (χ0) is 28.8. The van der Waals surface area contributed by atoms with Gasteiger partial charge in [0.2, 0.25) is 0 Å². The molecule has 3 rings (SSSR count). The molecule has 0 atom stereocenters. The molecular formula is C29H25F6NO3. The summed E-state index contributed by atoms with van der Waals surface area (Å²) in [7, 11) is 1.10. The molecule has 0 saturated heterocycles. The highest BCUT2D eigenvalue weighted by molar-refractivity contribution is 6.01. The molecule has 0 spiro atoms. The van der Waals surface area contributed by atoms with Gasteiger partial charge in [0.05, 0.1) is 17.7 Å². The lowest BCUT2D eigenvalue weighted by molar-refractivity contribution is -0.143. The van der Waals surface area contributed by atoms with E-state index < -0.39 is 40.9 Å². The number of carbonyl (C=O) groups excluding carboxylic acids is 2. The van der Waals surface area contributed by atoms with Crippen molar-refractivity contribution in [1.29, 1.82) is 0 Å². The lowest BCUT2D eigenvalue weighted by Gasteiger charge is -2.22. The Morgan fingerprint density at radius 2 is 1.28 bits per heavy atom. The highest BCUT2D eigenvalue weighted by Crippen LogP contribution is 2.37.